The van der Waals surface area contributed by atoms with E-state index in [2.05, 4.69) is 27.7 Å². The average molecular weight is 355 g/mol. The van der Waals surface area contributed by atoms with Gasteiger partial charge < -0.3 is 5.11 Å². The minimum atomic E-state index is -0.387. The van der Waals surface area contributed by atoms with Crippen LogP contribution in [0.2, 0.25) is 0 Å². The number of aliphatic hydroxyl groups is 1. The molecule has 1 N–H and O–H groups in total. The van der Waals surface area contributed by atoms with E-state index in [-0.39, 0.29) is 5.60 Å². The van der Waals surface area contributed by atoms with Crippen molar-refractivity contribution in [2.45, 2.75) is 149 Å². The van der Waals surface area contributed by atoms with Crippen LogP contribution < -0.4 is 0 Å². The topological polar surface area (TPSA) is 20.2 Å². The molecule has 0 heterocycles. The Morgan fingerprint density at radius 1 is 0.520 bits per heavy atom. The lowest BCUT2D eigenvalue weighted by atomic mass is 9.74. The van der Waals surface area contributed by atoms with Crippen molar-refractivity contribution in [3.8, 4) is 0 Å². The van der Waals surface area contributed by atoms with Gasteiger partial charge in [-0.2, -0.15) is 0 Å². The number of rotatable bonds is 19. The molecule has 1 heteroatoms. The molecule has 0 saturated heterocycles. The van der Waals surface area contributed by atoms with Gasteiger partial charge in [-0.1, -0.05) is 118 Å². The molecule has 0 aromatic heterocycles. The summed E-state index contributed by atoms with van der Waals surface area (Å²) in [5, 5.41) is 11.5. The summed E-state index contributed by atoms with van der Waals surface area (Å²) in [4.78, 5) is 0. The highest BCUT2D eigenvalue weighted by atomic mass is 16.3. The number of hydrogen-bond acceptors (Lipinski definition) is 1. The largest absolute Gasteiger partial charge is 0.390 e. The van der Waals surface area contributed by atoms with E-state index in [4.69, 9.17) is 0 Å². The molecular formula is C24H50O. The Morgan fingerprint density at radius 2 is 0.880 bits per heavy atom. The Bertz CT molecular complexity index is 253. The number of unbranched alkanes of at least 4 members (excludes halogenated alkanes) is 10. The van der Waals surface area contributed by atoms with Gasteiger partial charge in [0.15, 0.2) is 0 Å². The fourth-order valence-electron chi connectivity index (χ4n) is 4.17. The first-order valence-electron chi connectivity index (χ1n) is 11.9. The lowest BCUT2D eigenvalue weighted by molar-refractivity contribution is -0.0451. The molecule has 1 atom stereocenters. The van der Waals surface area contributed by atoms with Crippen molar-refractivity contribution in [3.63, 3.8) is 0 Å². The molecule has 0 spiro atoms. The zero-order valence-electron chi connectivity index (χ0n) is 18.3. The normalized spacial score (nSPS) is 13.3. The highest BCUT2D eigenvalue weighted by Gasteiger charge is 2.34. The molecule has 1 unspecified atom stereocenters. The van der Waals surface area contributed by atoms with Crippen LogP contribution in [0.3, 0.4) is 0 Å². The van der Waals surface area contributed by atoms with E-state index in [1.165, 1.54) is 103 Å². The van der Waals surface area contributed by atoms with Gasteiger partial charge in [-0.15, -0.1) is 0 Å². The van der Waals surface area contributed by atoms with Crippen LogP contribution in [0.5, 0.6) is 0 Å². The Hall–Kier alpha value is -0.0400. The fourth-order valence-corrected chi connectivity index (χ4v) is 4.17. The maximum atomic E-state index is 11.5. The third kappa shape index (κ3) is 12.9. The molecule has 0 aliphatic rings. The van der Waals surface area contributed by atoms with Crippen LogP contribution in [0, 0.1) is 5.92 Å². The Kier molecular flexibility index (Phi) is 17.3. The SMILES string of the molecule is CCCCCCCCC(CCCCCC)C(O)(CCCC)CCCC. The highest BCUT2D eigenvalue weighted by molar-refractivity contribution is 4.86. The summed E-state index contributed by atoms with van der Waals surface area (Å²) in [6.45, 7) is 9.08. The van der Waals surface area contributed by atoms with Crippen molar-refractivity contribution >= 4 is 0 Å². The van der Waals surface area contributed by atoms with E-state index in [1.807, 2.05) is 0 Å². The van der Waals surface area contributed by atoms with Crippen LogP contribution in [-0.4, -0.2) is 10.7 Å². The molecule has 0 rings (SSSR count). The van der Waals surface area contributed by atoms with E-state index in [0.717, 1.165) is 12.8 Å². The molecule has 0 bridgehead atoms. The third-order valence-corrected chi connectivity index (χ3v) is 6.00. The van der Waals surface area contributed by atoms with Crippen molar-refractivity contribution in [1.82, 2.24) is 0 Å². The lowest BCUT2D eigenvalue weighted by Gasteiger charge is -2.37. The molecule has 0 aliphatic carbocycles. The van der Waals surface area contributed by atoms with Crippen LogP contribution in [-0.2, 0) is 0 Å². The monoisotopic (exact) mass is 354 g/mol. The minimum Gasteiger partial charge on any atom is -0.390 e. The first kappa shape index (κ1) is 25.0. The van der Waals surface area contributed by atoms with Gasteiger partial charge in [0.05, 0.1) is 5.60 Å². The molecule has 0 aliphatic heterocycles. The predicted octanol–water partition coefficient (Wildman–Crippen LogP) is 8.44. The predicted molar refractivity (Wildman–Crippen MR) is 114 cm³/mol. The zero-order valence-corrected chi connectivity index (χ0v) is 18.3. The molecule has 0 saturated carbocycles. The Labute approximate surface area is 160 Å². The van der Waals surface area contributed by atoms with Gasteiger partial charge >= 0.3 is 0 Å². The molecule has 0 aromatic carbocycles. The Balaban J connectivity index is 4.59. The van der Waals surface area contributed by atoms with Gasteiger partial charge in [0, 0.05) is 0 Å². The van der Waals surface area contributed by atoms with E-state index in [0.29, 0.717) is 5.92 Å². The first-order valence-corrected chi connectivity index (χ1v) is 11.9. The second-order valence-corrected chi connectivity index (χ2v) is 8.41. The van der Waals surface area contributed by atoms with Crippen molar-refractivity contribution in [2.75, 3.05) is 0 Å². The minimum absolute atomic E-state index is 0.387. The molecule has 0 amide bonds. The quantitative estimate of drug-likeness (QED) is 0.231. The summed E-state index contributed by atoms with van der Waals surface area (Å²) in [6, 6.07) is 0. The summed E-state index contributed by atoms with van der Waals surface area (Å²) in [5.74, 6) is 0.536. The number of hydrogen-bond donors (Lipinski definition) is 1. The van der Waals surface area contributed by atoms with Gasteiger partial charge in [0.25, 0.3) is 0 Å². The van der Waals surface area contributed by atoms with Gasteiger partial charge in [-0.3, -0.25) is 0 Å². The van der Waals surface area contributed by atoms with Crippen molar-refractivity contribution < 1.29 is 5.11 Å². The molecule has 25 heavy (non-hydrogen) atoms. The van der Waals surface area contributed by atoms with Crippen molar-refractivity contribution in [2.24, 2.45) is 5.92 Å². The van der Waals surface area contributed by atoms with Gasteiger partial charge in [-0.05, 0) is 31.6 Å². The summed E-state index contributed by atoms with van der Waals surface area (Å²) in [5.41, 5.74) is -0.387. The van der Waals surface area contributed by atoms with Crippen LogP contribution in [0.15, 0.2) is 0 Å². The summed E-state index contributed by atoms with van der Waals surface area (Å²) >= 11 is 0. The zero-order chi connectivity index (χ0) is 18.8. The molecule has 1 nitrogen and oxygen atoms in total. The maximum absolute atomic E-state index is 11.5. The molecule has 0 fully saturated rings. The van der Waals surface area contributed by atoms with Crippen LogP contribution >= 0.6 is 0 Å². The summed E-state index contributed by atoms with van der Waals surface area (Å²) in [7, 11) is 0. The standard InChI is InChI=1S/C24H50O/c1-5-9-13-15-16-18-20-23(19-17-14-10-6-2)24(25,21-11-7-3)22-12-8-4/h23,25H,5-22H2,1-4H3. The summed E-state index contributed by atoms with van der Waals surface area (Å²) < 4.78 is 0. The Morgan fingerprint density at radius 3 is 1.32 bits per heavy atom. The average Bonchev–Trinajstić information content (AvgIpc) is 2.62. The van der Waals surface area contributed by atoms with E-state index in [1.54, 1.807) is 0 Å². The van der Waals surface area contributed by atoms with Crippen molar-refractivity contribution in [3.05, 3.63) is 0 Å². The highest BCUT2D eigenvalue weighted by Crippen LogP contribution is 2.36. The van der Waals surface area contributed by atoms with E-state index in [9.17, 15) is 5.11 Å². The second kappa shape index (κ2) is 17.4. The molecule has 0 aromatic rings. The molecule has 0 radical (unpaired) electrons. The van der Waals surface area contributed by atoms with E-state index >= 15 is 0 Å². The van der Waals surface area contributed by atoms with Crippen molar-refractivity contribution in [1.29, 1.82) is 0 Å². The van der Waals surface area contributed by atoms with E-state index < -0.39 is 0 Å². The molecular weight excluding hydrogens is 304 g/mol. The lowest BCUT2D eigenvalue weighted by Crippen LogP contribution is -2.38. The van der Waals surface area contributed by atoms with Gasteiger partial charge in [0.2, 0.25) is 0 Å². The third-order valence-electron chi connectivity index (χ3n) is 6.00. The van der Waals surface area contributed by atoms with Crippen LogP contribution in [0.1, 0.15) is 143 Å². The van der Waals surface area contributed by atoms with Gasteiger partial charge in [0.1, 0.15) is 0 Å². The van der Waals surface area contributed by atoms with Crippen LogP contribution in [0.25, 0.3) is 0 Å². The second-order valence-electron chi connectivity index (χ2n) is 8.41. The van der Waals surface area contributed by atoms with Gasteiger partial charge in [-0.25, -0.2) is 0 Å². The maximum Gasteiger partial charge on any atom is 0.0675 e. The first-order chi connectivity index (χ1) is 12.1. The van der Waals surface area contributed by atoms with Crippen LogP contribution in [0.4, 0.5) is 0 Å². The molecule has 152 valence electrons. The fraction of sp³-hybridized carbons (Fsp3) is 1.00. The smallest absolute Gasteiger partial charge is 0.0675 e. The summed E-state index contributed by atoms with van der Waals surface area (Å²) in [6.07, 6.45) is 22.8.